The summed E-state index contributed by atoms with van der Waals surface area (Å²) >= 11 is 0. The molecule has 0 radical (unpaired) electrons. The first kappa shape index (κ1) is 14.0. The lowest BCUT2D eigenvalue weighted by Gasteiger charge is -2.10. The van der Waals surface area contributed by atoms with Gasteiger partial charge in [0.05, 0.1) is 4.92 Å². The van der Waals surface area contributed by atoms with E-state index in [0.717, 1.165) is 16.7 Å². The Morgan fingerprint density at radius 1 is 1.20 bits per heavy atom. The van der Waals surface area contributed by atoms with Crippen LogP contribution in [0.4, 0.5) is 15.8 Å². The normalized spacial score (nSPS) is 10.3. The number of aryl methyl sites for hydroxylation is 2. The molecule has 2 rings (SSSR count). The molecular weight excluding hydrogens is 259 g/mol. The zero-order chi connectivity index (χ0) is 14.7. The molecule has 0 unspecified atom stereocenters. The summed E-state index contributed by atoms with van der Waals surface area (Å²) in [6.45, 7) is 4.10. The van der Waals surface area contributed by atoms with Gasteiger partial charge in [-0.15, -0.1) is 0 Å². The molecule has 2 aromatic rings. The van der Waals surface area contributed by atoms with E-state index in [2.05, 4.69) is 5.32 Å². The number of halogens is 1. The van der Waals surface area contributed by atoms with E-state index in [0.29, 0.717) is 12.2 Å². The van der Waals surface area contributed by atoms with Crippen LogP contribution in [0.2, 0.25) is 0 Å². The summed E-state index contributed by atoms with van der Waals surface area (Å²) in [6.07, 6.45) is 0. The second-order valence-corrected chi connectivity index (χ2v) is 4.70. The van der Waals surface area contributed by atoms with Crippen molar-refractivity contribution in [3.8, 4) is 0 Å². The number of hydrogen-bond donors (Lipinski definition) is 1. The van der Waals surface area contributed by atoms with Crippen molar-refractivity contribution in [3.63, 3.8) is 0 Å². The lowest BCUT2D eigenvalue weighted by atomic mass is 10.1. The highest BCUT2D eigenvalue weighted by Gasteiger charge is 2.13. The van der Waals surface area contributed by atoms with Crippen LogP contribution in [0, 0.1) is 29.8 Å². The fraction of sp³-hybridized carbons (Fsp3) is 0.200. The van der Waals surface area contributed by atoms with Gasteiger partial charge in [0.1, 0.15) is 11.5 Å². The van der Waals surface area contributed by atoms with Gasteiger partial charge in [0.25, 0.3) is 5.69 Å². The lowest BCUT2D eigenvalue weighted by molar-refractivity contribution is -0.384. The summed E-state index contributed by atoms with van der Waals surface area (Å²) in [7, 11) is 0. The van der Waals surface area contributed by atoms with Crippen LogP contribution < -0.4 is 5.32 Å². The monoisotopic (exact) mass is 274 g/mol. The van der Waals surface area contributed by atoms with Crippen LogP contribution in [-0.4, -0.2) is 4.92 Å². The van der Waals surface area contributed by atoms with Crippen LogP contribution in [0.15, 0.2) is 36.4 Å². The van der Waals surface area contributed by atoms with E-state index >= 15 is 0 Å². The minimum absolute atomic E-state index is 0.0374. The Balaban J connectivity index is 2.22. The topological polar surface area (TPSA) is 55.2 Å². The fourth-order valence-electron chi connectivity index (χ4n) is 2.00. The van der Waals surface area contributed by atoms with E-state index in [4.69, 9.17) is 0 Å². The molecule has 0 amide bonds. The maximum absolute atomic E-state index is 13.0. The number of rotatable bonds is 4. The Morgan fingerprint density at radius 3 is 2.60 bits per heavy atom. The predicted molar refractivity (Wildman–Crippen MR) is 76.3 cm³/mol. The van der Waals surface area contributed by atoms with Crippen molar-refractivity contribution in [2.45, 2.75) is 20.4 Å². The SMILES string of the molecule is Cc1ccc([N+](=O)[O-])c(NCc2ccc(F)cc2C)c1. The Kier molecular flexibility index (Phi) is 3.98. The van der Waals surface area contributed by atoms with Gasteiger partial charge in [0.15, 0.2) is 0 Å². The van der Waals surface area contributed by atoms with Gasteiger partial charge < -0.3 is 5.32 Å². The maximum Gasteiger partial charge on any atom is 0.292 e. The standard InChI is InChI=1S/C15H15FN2O2/c1-10-3-6-15(18(19)20)14(7-10)17-9-12-4-5-13(16)8-11(12)2/h3-8,17H,9H2,1-2H3. The predicted octanol–water partition coefficient (Wildman–Crippen LogP) is 3.96. The van der Waals surface area contributed by atoms with Crippen LogP contribution in [0.5, 0.6) is 0 Å². The first-order valence-electron chi connectivity index (χ1n) is 6.21. The highest BCUT2D eigenvalue weighted by molar-refractivity contribution is 5.62. The largest absolute Gasteiger partial charge is 0.375 e. The van der Waals surface area contributed by atoms with Crippen LogP contribution in [0.25, 0.3) is 0 Å². The van der Waals surface area contributed by atoms with E-state index < -0.39 is 4.92 Å². The minimum Gasteiger partial charge on any atom is -0.375 e. The molecule has 0 aliphatic rings. The van der Waals surface area contributed by atoms with Gasteiger partial charge in [-0.05, 0) is 48.7 Å². The third-order valence-corrected chi connectivity index (χ3v) is 3.12. The van der Waals surface area contributed by atoms with E-state index in [-0.39, 0.29) is 11.5 Å². The number of benzene rings is 2. The molecule has 0 saturated heterocycles. The van der Waals surface area contributed by atoms with E-state index in [1.54, 1.807) is 18.2 Å². The molecule has 4 nitrogen and oxygen atoms in total. The van der Waals surface area contributed by atoms with Gasteiger partial charge in [-0.25, -0.2) is 4.39 Å². The lowest BCUT2D eigenvalue weighted by Crippen LogP contribution is -2.04. The number of nitro benzene ring substituents is 1. The summed E-state index contributed by atoms with van der Waals surface area (Å²) in [6, 6.07) is 9.42. The molecule has 104 valence electrons. The molecule has 20 heavy (non-hydrogen) atoms. The Bertz CT molecular complexity index is 656. The Hall–Kier alpha value is -2.43. The highest BCUT2D eigenvalue weighted by atomic mass is 19.1. The maximum atomic E-state index is 13.0. The highest BCUT2D eigenvalue weighted by Crippen LogP contribution is 2.26. The van der Waals surface area contributed by atoms with Gasteiger partial charge in [-0.3, -0.25) is 10.1 Å². The van der Waals surface area contributed by atoms with Gasteiger partial charge >= 0.3 is 0 Å². The average Bonchev–Trinajstić information content (AvgIpc) is 2.37. The number of nitrogens with zero attached hydrogens (tertiary/aromatic N) is 1. The van der Waals surface area contributed by atoms with Gasteiger partial charge in [0.2, 0.25) is 0 Å². The molecule has 1 N–H and O–H groups in total. The van der Waals surface area contributed by atoms with Gasteiger partial charge in [0, 0.05) is 12.6 Å². The number of nitro groups is 1. The Morgan fingerprint density at radius 2 is 1.95 bits per heavy atom. The summed E-state index contributed by atoms with van der Waals surface area (Å²) in [5.41, 5.74) is 3.16. The average molecular weight is 274 g/mol. The summed E-state index contributed by atoms with van der Waals surface area (Å²) in [5.74, 6) is -0.284. The van der Waals surface area contributed by atoms with E-state index in [1.807, 2.05) is 13.8 Å². The molecule has 0 atom stereocenters. The van der Waals surface area contributed by atoms with Gasteiger partial charge in [-0.1, -0.05) is 12.1 Å². The smallest absolute Gasteiger partial charge is 0.292 e. The molecular formula is C15H15FN2O2. The zero-order valence-electron chi connectivity index (χ0n) is 11.3. The molecule has 0 aromatic heterocycles. The quantitative estimate of drug-likeness (QED) is 0.678. The van der Waals surface area contributed by atoms with Crippen molar-refractivity contribution in [1.29, 1.82) is 0 Å². The molecule has 2 aromatic carbocycles. The summed E-state index contributed by atoms with van der Waals surface area (Å²) in [5, 5.41) is 14.0. The zero-order valence-corrected chi connectivity index (χ0v) is 11.3. The third kappa shape index (κ3) is 3.12. The molecule has 5 heteroatoms. The first-order chi connectivity index (χ1) is 9.47. The van der Waals surface area contributed by atoms with Crippen molar-refractivity contribution < 1.29 is 9.31 Å². The summed E-state index contributed by atoms with van der Waals surface area (Å²) in [4.78, 5) is 10.6. The van der Waals surface area contributed by atoms with E-state index in [9.17, 15) is 14.5 Å². The molecule has 0 spiro atoms. The van der Waals surface area contributed by atoms with Crippen molar-refractivity contribution in [3.05, 3.63) is 69.0 Å². The second kappa shape index (κ2) is 5.69. The summed E-state index contributed by atoms with van der Waals surface area (Å²) < 4.78 is 13.0. The molecule has 0 bridgehead atoms. The molecule has 0 fully saturated rings. The Labute approximate surface area is 116 Å². The fourth-order valence-corrected chi connectivity index (χ4v) is 2.00. The third-order valence-electron chi connectivity index (χ3n) is 3.12. The molecule has 0 aliphatic heterocycles. The van der Waals surface area contributed by atoms with Crippen LogP contribution in [-0.2, 0) is 6.54 Å². The van der Waals surface area contributed by atoms with Crippen molar-refractivity contribution in [2.24, 2.45) is 0 Å². The number of hydrogen-bond acceptors (Lipinski definition) is 3. The number of anilines is 1. The van der Waals surface area contributed by atoms with Crippen molar-refractivity contribution >= 4 is 11.4 Å². The van der Waals surface area contributed by atoms with Gasteiger partial charge in [-0.2, -0.15) is 0 Å². The van der Waals surface area contributed by atoms with E-state index in [1.165, 1.54) is 18.2 Å². The molecule has 0 aliphatic carbocycles. The molecule has 0 heterocycles. The van der Waals surface area contributed by atoms with Crippen molar-refractivity contribution in [1.82, 2.24) is 0 Å². The second-order valence-electron chi connectivity index (χ2n) is 4.70. The van der Waals surface area contributed by atoms with Crippen molar-refractivity contribution in [2.75, 3.05) is 5.32 Å². The van der Waals surface area contributed by atoms with Crippen LogP contribution >= 0.6 is 0 Å². The first-order valence-corrected chi connectivity index (χ1v) is 6.21. The molecule has 0 saturated carbocycles. The van der Waals surface area contributed by atoms with Crippen LogP contribution in [0.1, 0.15) is 16.7 Å². The number of nitrogens with one attached hydrogen (secondary N) is 1. The van der Waals surface area contributed by atoms with Crippen LogP contribution in [0.3, 0.4) is 0 Å². The minimum atomic E-state index is -0.417.